The van der Waals surface area contributed by atoms with Crippen LogP contribution in [0.25, 0.3) is 22.3 Å². The summed E-state index contributed by atoms with van der Waals surface area (Å²) < 4.78 is 7.19. The van der Waals surface area contributed by atoms with Crippen molar-refractivity contribution in [1.82, 2.24) is 15.2 Å². The summed E-state index contributed by atoms with van der Waals surface area (Å²) in [5.74, 6) is -1.31. The predicted molar refractivity (Wildman–Crippen MR) is 165 cm³/mol. The molecule has 0 saturated carbocycles. The predicted octanol–water partition coefficient (Wildman–Crippen LogP) is 5.65. The molecule has 0 bridgehead atoms. The van der Waals surface area contributed by atoms with Gasteiger partial charge in [-0.1, -0.05) is 87.5 Å². The van der Waals surface area contributed by atoms with E-state index in [4.69, 9.17) is 10.00 Å². The first-order valence-corrected chi connectivity index (χ1v) is 14.1. The molecule has 3 aromatic carbocycles. The summed E-state index contributed by atoms with van der Waals surface area (Å²) in [6.45, 7) is 5.70. The molecule has 0 aliphatic carbocycles. The van der Waals surface area contributed by atoms with Crippen LogP contribution in [0.2, 0.25) is 0 Å². The van der Waals surface area contributed by atoms with Crippen LogP contribution in [-0.4, -0.2) is 35.4 Å². The van der Waals surface area contributed by atoms with Crippen molar-refractivity contribution in [3.8, 4) is 28.3 Å². The average Bonchev–Trinajstić information content (AvgIpc) is 3.51. The van der Waals surface area contributed by atoms with Crippen LogP contribution in [0.4, 0.5) is 0 Å². The van der Waals surface area contributed by atoms with Gasteiger partial charge in [-0.05, 0) is 51.4 Å². The van der Waals surface area contributed by atoms with Crippen molar-refractivity contribution in [2.45, 2.75) is 45.9 Å². The lowest BCUT2D eigenvalue weighted by Gasteiger charge is -2.31. The maximum atomic E-state index is 13.7. The fraction of sp³-hybridized carbons (Fsp3) is 0.257. The van der Waals surface area contributed by atoms with Crippen LogP contribution in [0.5, 0.6) is 0 Å². The van der Waals surface area contributed by atoms with Crippen LogP contribution in [0.3, 0.4) is 0 Å². The monoisotopic (exact) mass is 576 g/mol. The Morgan fingerprint density at radius 2 is 1.42 bits per heavy atom. The number of likely N-dealkylation sites (N-methyl/N-ethyl adjacent to an activating group) is 1. The zero-order chi connectivity index (χ0) is 31.0. The van der Waals surface area contributed by atoms with Gasteiger partial charge >= 0.3 is 5.97 Å². The number of amides is 2. The van der Waals surface area contributed by atoms with Crippen molar-refractivity contribution in [3.63, 3.8) is 0 Å². The van der Waals surface area contributed by atoms with Gasteiger partial charge in [-0.3, -0.25) is 14.4 Å². The number of carbonyl (C=O) groups is 3. The van der Waals surface area contributed by atoms with E-state index in [9.17, 15) is 14.4 Å². The van der Waals surface area contributed by atoms with Crippen molar-refractivity contribution < 1.29 is 19.1 Å². The number of carbonyl (C=O) groups excluding carboxylic acids is 3. The molecule has 0 unspecified atom stereocenters. The van der Waals surface area contributed by atoms with Gasteiger partial charge < -0.3 is 19.9 Å². The number of nitrogens with one attached hydrogen (secondary N) is 2. The molecule has 0 fully saturated rings. The lowest BCUT2D eigenvalue weighted by molar-refractivity contribution is -0.148. The molecule has 2 N–H and O–H groups in total. The van der Waals surface area contributed by atoms with Gasteiger partial charge in [0.15, 0.2) is 0 Å². The third-order valence-electron chi connectivity index (χ3n) is 7.21. The van der Waals surface area contributed by atoms with Gasteiger partial charge in [0.2, 0.25) is 11.8 Å². The zero-order valence-corrected chi connectivity index (χ0v) is 24.8. The normalized spacial score (nSPS) is 12.4. The summed E-state index contributed by atoms with van der Waals surface area (Å²) >= 11 is 0. The number of rotatable bonds is 10. The van der Waals surface area contributed by atoms with Crippen LogP contribution < -0.4 is 10.6 Å². The second-order valence-corrected chi connectivity index (χ2v) is 11.4. The van der Waals surface area contributed by atoms with Gasteiger partial charge in [-0.15, -0.1) is 0 Å². The van der Waals surface area contributed by atoms with Gasteiger partial charge in [-0.2, -0.15) is 5.26 Å². The van der Waals surface area contributed by atoms with Crippen LogP contribution >= 0.6 is 0 Å². The lowest BCUT2D eigenvalue weighted by Crippen LogP contribution is -2.54. The molecule has 0 spiro atoms. The highest BCUT2D eigenvalue weighted by Crippen LogP contribution is 2.28. The van der Waals surface area contributed by atoms with E-state index in [1.165, 1.54) is 7.05 Å². The lowest BCUT2D eigenvalue weighted by atomic mass is 9.86. The molecule has 220 valence electrons. The Kier molecular flexibility index (Phi) is 9.79. The van der Waals surface area contributed by atoms with Crippen molar-refractivity contribution in [2.75, 3.05) is 7.05 Å². The van der Waals surface area contributed by atoms with Gasteiger partial charge in [-0.25, -0.2) is 0 Å². The number of nitrogens with zero attached hydrogens (tertiary/aromatic N) is 2. The van der Waals surface area contributed by atoms with E-state index in [0.29, 0.717) is 5.56 Å². The van der Waals surface area contributed by atoms with Crippen molar-refractivity contribution in [2.24, 2.45) is 5.41 Å². The number of hydrogen-bond donors (Lipinski definition) is 2. The number of benzene rings is 3. The number of esters is 1. The van der Waals surface area contributed by atoms with Gasteiger partial charge in [0.1, 0.15) is 18.7 Å². The summed E-state index contributed by atoms with van der Waals surface area (Å²) in [4.78, 5) is 39.3. The summed E-state index contributed by atoms with van der Waals surface area (Å²) in [6.07, 6.45) is 3.36. The Hall–Kier alpha value is -5.16. The Labute approximate surface area is 252 Å². The highest BCUT2D eigenvalue weighted by atomic mass is 16.5. The first-order chi connectivity index (χ1) is 20.6. The van der Waals surface area contributed by atoms with Crippen molar-refractivity contribution >= 4 is 17.8 Å². The van der Waals surface area contributed by atoms with E-state index in [-0.39, 0.29) is 18.9 Å². The minimum atomic E-state index is -0.940. The Morgan fingerprint density at radius 1 is 0.837 bits per heavy atom. The summed E-state index contributed by atoms with van der Waals surface area (Å²) in [5, 5.41) is 14.5. The molecule has 8 heteroatoms. The van der Waals surface area contributed by atoms with Gasteiger partial charge in [0, 0.05) is 19.4 Å². The van der Waals surface area contributed by atoms with Gasteiger partial charge in [0.05, 0.1) is 18.1 Å². The minimum absolute atomic E-state index is 0.0966. The molecule has 0 saturated heterocycles. The van der Waals surface area contributed by atoms with E-state index < -0.39 is 29.4 Å². The first-order valence-electron chi connectivity index (χ1n) is 14.1. The van der Waals surface area contributed by atoms with E-state index >= 15 is 0 Å². The largest absolute Gasteiger partial charge is 0.461 e. The highest BCUT2D eigenvalue weighted by Gasteiger charge is 2.35. The standard InChI is InChI=1S/C35H36N4O4/c1-35(2,3)32(34(42)37-4)38-33(41)30(20-31(40)43-23-25-8-6-5-7-9-25)39-19-18-29(22-39)28-16-14-27(15-17-28)26-12-10-24(21-36)11-13-26/h5-19,22,30,32H,20,23H2,1-4H3,(H,37,42)(H,38,41)/t30-,32-/m1/s1. The molecule has 2 atom stereocenters. The highest BCUT2D eigenvalue weighted by molar-refractivity contribution is 5.91. The topological polar surface area (TPSA) is 113 Å². The maximum Gasteiger partial charge on any atom is 0.308 e. The van der Waals surface area contributed by atoms with Crippen LogP contribution in [0, 0.1) is 16.7 Å². The zero-order valence-electron chi connectivity index (χ0n) is 24.8. The van der Waals surface area contributed by atoms with E-state index in [2.05, 4.69) is 16.7 Å². The van der Waals surface area contributed by atoms with Crippen molar-refractivity contribution in [3.05, 3.63) is 108 Å². The maximum absolute atomic E-state index is 13.7. The summed E-state index contributed by atoms with van der Waals surface area (Å²) in [6, 6.07) is 26.9. The average molecular weight is 577 g/mol. The number of nitriles is 1. The molecule has 2 amide bonds. The molecule has 4 rings (SSSR count). The molecule has 0 radical (unpaired) electrons. The second-order valence-electron chi connectivity index (χ2n) is 11.4. The number of aromatic nitrogens is 1. The molecule has 1 aromatic heterocycles. The van der Waals surface area contributed by atoms with Gasteiger partial charge in [0.25, 0.3) is 0 Å². The third-order valence-corrected chi connectivity index (χ3v) is 7.21. The van der Waals surface area contributed by atoms with Crippen LogP contribution in [-0.2, 0) is 25.7 Å². The molecular formula is C35H36N4O4. The third kappa shape index (κ3) is 7.98. The molecule has 0 aliphatic rings. The Bertz CT molecular complexity index is 1590. The minimum Gasteiger partial charge on any atom is -0.461 e. The van der Waals surface area contributed by atoms with E-state index in [1.807, 2.05) is 99.8 Å². The molecule has 1 heterocycles. The van der Waals surface area contributed by atoms with Crippen molar-refractivity contribution in [1.29, 1.82) is 5.26 Å². The summed E-state index contributed by atoms with van der Waals surface area (Å²) in [5.41, 5.74) is 4.68. The fourth-order valence-corrected chi connectivity index (χ4v) is 4.72. The SMILES string of the molecule is CNC(=O)[C@@H](NC(=O)[C@@H](CC(=O)OCc1ccccc1)n1ccc(-c2ccc(-c3ccc(C#N)cc3)cc2)c1)C(C)(C)C. The quantitative estimate of drug-likeness (QED) is 0.237. The fourth-order valence-electron chi connectivity index (χ4n) is 4.72. The summed E-state index contributed by atoms with van der Waals surface area (Å²) in [7, 11) is 1.52. The van der Waals surface area contributed by atoms with Crippen LogP contribution in [0.1, 0.15) is 44.4 Å². The molecular weight excluding hydrogens is 540 g/mol. The number of ether oxygens (including phenoxy) is 1. The molecule has 0 aliphatic heterocycles. The molecule has 4 aromatic rings. The Balaban J connectivity index is 1.57. The van der Waals surface area contributed by atoms with E-state index in [1.54, 1.807) is 22.9 Å². The van der Waals surface area contributed by atoms with E-state index in [0.717, 1.165) is 27.8 Å². The second kappa shape index (κ2) is 13.7. The first kappa shape index (κ1) is 30.8. The molecule has 43 heavy (non-hydrogen) atoms. The smallest absolute Gasteiger partial charge is 0.308 e. The van der Waals surface area contributed by atoms with Crippen LogP contribution in [0.15, 0.2) is 97.3 Å². The number of hydrogen-bond acceptors (Lipinski definition) is 5. The molecule has 8 nitrogen and oxygen atoms in total. The Morgan fingerprint density at radius 3 is 1.98 bits per heavy atom.